The van der Waals surface area contributed by atoms with Crippen LogP contribution in [0.4, 0.5) is 4.79 Å². The van der Waals surface area contributed by atoms with E-state index in [1.807, 2.05) is 6.92 Å². The molecule has 0 aromatic heterocycles. The zero-order valence-electron chi connectivity index (χ0n) is 23.1. The van der Waals surface area contributed by atoms with Gasteiger partial charge in [0, 0.05) is 36.8 Å². The van der Waals surface area contributed by atoms with Crippen LogP contribution >= 0.6 is 11.6 Å². The molecular weight excluding hydrogens is 536 g/mol. The maximum Gasteiger partial charge on any atom is 0.407 e. The van der Waals surface area contributed by atoms with Gasteiger partial charge in [0.05, 0.1) is 12.0 Å². The number of benzene rings is 2. The SMILES string of the molecule is CC1=C(CC(=O)NCc2cc(Cl)ccc2CNC(=O)OC(C)(C)C)C(=O)N(NCc2cccc(C(=O)O)c2)CC1. The van der Waals surface area contributed by atoms with Gasteiger partial charge in [-0.2, -0.15) is 0 Å². The van der Waals surface area contributed by atoms with E-state index in [9.17, 15) is 24.3 Å². The van der Waals surface area contributed by atoms with Gasteiger partial charge in [-0.1, -0.05) is 35.4 Å². The standard InChI is InChI=1S/C29H35ClN4O6/c1-18-10-11-34(33-15-19-6-5-7-20(12-19)27(37)38)26(36)24(18)14-25(35)31-17-22-13-23(30)9-8-21(22)16-32-28(39)40-29(2,3)4/h5-9,12-13,33H,10-11,14-17H2,1-4H3,(H,31,35)(H,32,39)(H,37,38). The highest BCUT2D eigenvalue weighted by Crippen LogP contribution is 2.22. The maximum atomic E-state index is 13.2. The predicted octanol–water partition coefficient (Wildman–Crippen LogP) is 4.32. The van der Waals surface area contributed by atoms with E-state index in [2.05, 4.69) is 16.1 Å². The molecule has 3 amide bonds. The summed E-state index contributed by atoms with van der Waals surface area (Å²) in [5.41, 5.74) is 6.06. The highest BCUT2D eigenvalue weighted by atomic mass is 35.5. The molecule has 0 aliphatic carbocycles. The van der Waals surface area contributed by atoms with Crippen LogP contribution < -0.4 is 16.1 Å². The number of aromatic carboxylic acids is 1. The third-order valence-electron chi connectivity index (χ3n) is 6.18. The van der Waals surface area contributed by atoms with E-state index in [0.29, 0.717) is 23.6 Å². The van der Waals surface area contributed by atoms with Gasteiger partial charge in [-0.3, -0.25) is 14.6 Å². The third-order valence-corrected chi connectivity index (χ3v) is 6.42. The molecule has 214 valence electrons. The fourth-order valence-corrected chi connectivity index (χ4v) is 4.28. The minimum atomic E-state index is -1.02. The number of carbonyl (C=O) groups is 4. The van der Waals surface area contributed by atoms with Crippen LogP contribution in [-0.4, -0.2) is 46.1 Å². The molecule has 2 aromatic rings. The van der Waals surface area contributed by atoms with E-state index in [-0.39, 0.29) is 43.4 Å². The van der Waals surface area contributed by atoms with Gasteiger partial charge in [0.15, 0.2) is 0 Å². The van der Waals surface area contributed by atoms with Gasteiger partial charge in [0.2, 0.25) is 5.91 Å². The first-order chi connectivity index (χ1) is 18.8. The van der Waals surface area contributed by atoms with Gasteiger partial charge in [0.25, 0.3) is 5.91 Å². The molecule has 0 radical (unpaired) electrons. The van der Waals surface area contributed by atoms with Crippen LogP contribution in [0, 0.1) is 0 Å². The number of ether oxygens (including phenoxy) is 1. The molecule has 4 N–H and O–H groups in total. The second kappa shape index (κ2) is 13.5. The van der Waals surface area contributed by atoms with Gasteiger partial charge in [0.1, 0.15) is 5.60 Å². The highest BCUT2D eigenvalue weighted by molar-refractivity contribution is 6.30. The predicted molar refractivity (Wildman–Crippen MR) is 150 cm³/mol. The summed E-state index contributed by atoms with van der Waals surface area (Å²) >= 11 is 6.17. The fraction of sp³-hybridized carbons (Fsp3) is 0.379. The van der Waals surface area contributed by atoms with Gasteiger partial charge < -0.3 is 20.5 Å². The van der Waals surface area contributed by atoms with Crippen molar-refractivity contribution in [2.24, 2.45) is 0 Å². The quantitative estimate of drug-likeness (QED) is 0.334. The Morgan fingerprint density at radius 2 is 1.75 bits per heavy atom. The smallest absolute Gasteiger partial charge is 0.407 e. The first kappa shape index (κ1) is 30.6. The first-order valence-corrected chi connectivity index (χ1v) is 13.3. The molecule has 1 aliphatic rings. The Bertz CT molecular complexity index is 1320. The summed E-state index contributed by atoms with van der Waals surface area (Å²) in [6.45, 7) is 8.22. The lowest BCUT2D eigenvalue weighted by molar-refractivity contribution is -0.132. The molecule has 0 bridgehead atoms. The largest absolute Gasteiger partial charge is 0.478 e. The van der Waals surface area contributed by atoms with Crippen molar-refractivity contribution in [2.75, 3.05) is 6.54 Å². The van der Waals surface area contributed by atoms with Crippen LogP contribution in [0.3, 0.4) is 0 Å². The number of halogens is 1. The average Bonchev–Trinajstić information content (AvgIpc) is 2.88. The summed E-state index contributed by atoms with van der Waals surface area (Å²) in [5, 5.41) is 16.7. The van der Waals surface area contributed by atoms with Gasteiger partial charge in [-0.05, 0) is 75.1 Å². The average molecular weight is 571 g/mol. The molecule has 10 nitrogen and oxygen atoms in total. The minimum Gasteiger partial charge on any atom is -0.478 e. The summed E-state index contributed by atoms with van der Waals surface area (Å²) in [6.07, 6.45) is -0.0438. The van der Waals surface area contributed by atoms with E-state index >= 15 is 0 Å². The molecule has 0 spiro atoms. The summed E-state index contributed by atoms with van der Waals surface area (Å²) in [6, 6.07) is 11.7. The molecule has 0 fully saturated rings. The number of rotatable bonds is 10. The number of nitrogens with zero attached hydrogens (tertiary/aromatic N) is 1. The Kier molecular flexibility index (Phi) is 10.3. The monoisotopic (exact) mass is 570 g/mol. The lowest BCUT2D eigenvalue weighted by atomic mass is 9.98. The van der Waals surface area contributed by atoms with Crippen molar-refractivity contribution in [1.82, 2.24) is 21.1 Å². The van der Waals surface area contributed by atoms with Gasteiger partial charge >= 0.3 is 12.1 Å². The molecule has 0 atom stereocenters. The van der Waals surface area contributed by atoms with E-state index in [4.69, 9.17) is 16.3 Å². The molecule has 3 rings (SSSR count). The summed E-state index contributed by atoms with van der Waals surface area (Å²) < 4.78 is 5.28. The minimum absolute atomic E-state index is 0.0938. The molecule has 40 heavy (non-hydrogen) atoms. The number of carboxylic acids is 1. The summed E-state index contributed by atoms with van der Waals surface area (Å²) in [4.78, 5) is 49.3. The van der Waals surface area contributed by atoms with Crippen LogP contribution in [0.25, 0.3) is 0 Å². The van der Waals surface area contributed by atoms with Crippen molar-refractivity contribution in [3.8, 4) is 0 Å². The number of carboxylic acid groups (broad SMARTS) is 1. The Morgan fingerprint density at radius 3 is 2.45 bits per heavy atom. The van der Waals surface area contributed by atoms with Crippen molar-refractivity contribution in [3.05, 3.63) is 80.9 Å². The topological polar surface area (TPSA) is 137 Å². The van der Waals surface area contributed by atoms with Crippen molar-refractivity contribution in [3.63, 3.8) is 0 Å². The normalized spacial score (nSPS) is 13.7. The van der Waals surface area contributed by atoms with Crippen LogP contribution in [-0.2, 0) is 34.0 Å². The van der Waals surface area contributed by atoms with Gasteiger partial charge in [-0.25, -0.2) is 15.0 Å². The highest BCUT2D eigenvalue weighted by Gasteiger charge is 2.27. The zero-order valence-corrected chi connectivity index (χ0v) is 23.9. The number of alkyl carbamates (subject to hydrolysis) is 1. The molecular formula is C29H35ClN4O6. The van der Waals surface area contributed by atoms with Crippen molar-refractivity contribution in [2.45, 2.75) is 65.8 Å². The van der Waals surface area contributed by atoms with E-state index in [1.165, 1.54) is 11.1 Å². The van der Waals surface area contributed by atoms with Crippen LogP contribution in [0.2, 0.25) is 5.02 Å². The third kappa shape index (κ3) is 9.10. The van der Waals surface area contributed by atoms with Gasteiger partial charge in [-0.15, -0.1) is 0 Å². The Balaban J connectivity index is 1.58. The second-order valence-electron chi connectivity index (χ2n) is 10.5. The molecule has 1 aliphatic heterocycles. The van der Waals surface area contributed by atoms with Crippen LogP contribution in [0.1, 0.15) is 67.6 Å². The summed E-state index contributed by atoms with van der Waals surface area (Å²) in [7, 11) is 0. The van der Waals surface area contributed by atoms with E-state index in [1.54, 1.807) is 57.2 Å². The summed E-state index contributed by atoms with van der Waals surface area (Å²) in [5.74, 6) is -1.64. The second-order valence-corrected chi connectivity index (χ2v) is 11.0. The number of carbonyl (C=O) groups excluding carboxylic acids is 3. The number of nitrogens with one attached hydrogen (secondary N) is 3. The number of hydrogen-bond acceptors (Lipinski definition) is 6. The van der Waals surface area contributed by atoms with Crippen LogP contribution in [0.5, 0.6) is 0 Å². The Hall–Kier alpha value is -3.89. The van der Waals surface area contributed by atoms with Crippen LogP contribution in [0.15, 0.2) is 53.6 Å². The van der Waals surface area contributed by atoms with Crippen molar-refractivity contribution < 1.29 is 29.0 Å². The molecule has 0 saturated carbocycles. The Morgan fingerprint density at radius 1 is 1.02 bits per heavy atom. The Labute approximate surface area is 238 Å². The molecule has 1 heterocycles. The lowest BCUT2D eigenvalue weighted by Crippen LogP contribution is -2.46. The molecule has 11 heteroatoms. The fourth-order valence-electron chi connectivity index (χ4n) is 4.09. The lowest BCUT2D eigenvalue weighted by Gasteiger charge is -2.30. The van der Waals surface area contributed by atoms with E-state index < -0.39 is 17.7 Å². The molecule has 2 aromatic carbocycles. The van der Waals surface area contributed by atoms with Crippen molar-refractivity contribution >= 4 is 35.5 Å². The van der Waals surface area contributed by atoms with E-state index in [0.717, 1.165) is 22.3 Å². The first-order valence-electron chi connectivity index (χ1n) is 12.9. The number of hydrazine groups is 1. The molecule has 0 unspecified atom stereocenters. The number of amides is 3. The maximum absolute atomic E-state index is 13.2. The van der Waals surface area contributed by atoms with Crippen molar-refractivity contribution in [1.29, 1.82) is 0 Å². The molecule has 0 saturated heterocycles. The zero-order chi connectivity index (χ0) is 29.4. The number of hydrogen-bond donors (Lipinski definition) is 4.